The van der Waals surface area contributed by atoms with E-state index in [0.29, 0.717) is 18.9 Å². The quantitative estimate of drug-likeness (QED) is 0.849. The van der Waals surface area contributed by atoms with E-state index in [1.807, 2.05) is 34.0 Å². The average molecular weight is 320 g/mol. The van der Waals surface area contributed by atoms with Crippen molar-refractivity contribution in [3.63, 3.8) is 0 Å². The second-order valence-electron chi connectivity index (χ2n) is 5.08. The van der Waals surface area contributed by atoms with Crippen molar-refractivity contribution in [2.75, 3.05) is 26.0 Å². The first-order valence-corrected chi connectivity index (χ1v) is 8.08. The maximum atomic E-state index is 13.3. The van der Waals surface area contributed by atoms with Crippen LogP contribution in [0.5, 0.6) is 0 Å². The number of halogens is 1. The summed E-state index contributed by atoms with van der Waals surface area (Å²) in [7, 11) is 1.63. The molecule has 3 rings (SSSR count). The number of carbonyl (C=O) groups excluding carboxylic acids is 1. The van der Waals surface area contributed by atoms with Crippen molar-refractivity contribution in [3.05, 3.63) is 54.1 Å². The van der Waals surface area contributed by atoms with Gasteiger partial charge in [0.1, 0.15) is 11.2 Å². The van der Waals surface area contributed by atoms with Gasteiger partial charge in [-0.3, -0.25) is 4.79 Å². The highest BCUT2D eigenvalue weighted by atomic mass is 32.2. The molecule has 1 fully saturated rings. The normalized spacial score (nSPS) is 18.2. The number of aromatic nitrogens is 1. The number of thioether (sulfide) groups is 1. The number of amides is 1. The van der Waals surface area contributed by atoms with E-state index in [4.69, 9.17) is 4.74 Å². The summed E-state index contributed by atoms with van der Waals surface area (Å²) in [6, 6.07) is 8.41. The fourth-order valence-electron chi connectivity index (χ4n) is 2.52. The molecule has 0 aliphatic carbocycles. The van der Waals surface area contributed by atoms with E-state index < -0.39 is 0 Å². The van der Waals surface area contributed by atoms with Crippen LogP contribution >= 0.6 is 11.8 Å². The van der Waals surface area contributed by atoms with Crippen LogP contribution in [0, 0.1) is 5.82 Å². The van der Waals surface area contributed by atoms with E-state index in [0.717, 1.165) is 11.3 Å². The molecule has 116 valence electrons. The molecule has 2 heterocycles. The molecule has 1 atom stereocenters. The number of methoxy groups -OCH3 is 1. The van der Waals surface area contributed by atoms with Crippen molar-refractivity contribution >= 4 is 17.7 Å². The number of hydrogen-bond donors (Lipinski definition) is 0. The van der Waals surface area contributed by atoms with E-state index in [2.05, 4.69) is 0 Å². The summed E-state index contributed by atoms with van der Waals surface area (Å²) in [6.07, 6.45) is 3.84. The highest BCUT2D eigenvalue weighted by Gasteiger charge is 2.32. The molecule has 0 radical (unpaired) electrons. The molecule has 1 saturated heterocycles. The summed E-state index contributed by atoms with van der Waals surface area (Å²) in [4.78, 5) is 13.8. The third-order valence-corrected chi connectivity index (χ3v) is 4.87. The summed E-state index contributed by atoms with van der Waals surface area (Å²) in [5, 5.41) is -0.00235. The standard InChI is InChI=1S/C16H17FN2O2S/c1-21-8-7-19-15(20)11-22-16(19)12-5-6-18(10-12)14-4-2-3-13(17)9-14/h2-6,9-10,16H,7-8,11H2,1H3/t16-/m1/s1. The van der Waals surface area contributed by atoms with Gasteiger partial charge in [0.15, 0.2) is 0 Å². The van der Waals surface area contributed by atoms with Gasteiger partial charge in [-0.1, -0.05) is 6.07 Å². The lowest BCUT2D eigenvalue weighted by Gasteiger charge is -2.22. The van der Waals surface area contributed by atoms with E-state index in [1.54, 1.807) is 24.9 Å². The topological polar surface area (TPSA) is 34.5 Å². The summed E-state index contributed by atoms with van der Waals surface area (Å²) in [5.41, 5.74) is 1.81. The van der Waals surface area contributed by atoms with Crippen molar-refractivity contribution in [1.29, 1.82) is 0 Å². The fraction of sp³-hybridized carbons (Fsp3) is 0.312. The first kappa shape index (κ1) is 15.1. The molecule has 0 N–H and O–H groups in total. The Morgan fingerprint density at radius 1 is 1.41 bits per heavy atom. The first-order chi connectivity index (χ1) is 10.7. The Morgan fingerprint density at radius 2 is 2.27 bits per heavy atom. The minimum Gasteiger partial charge on any atom is -0.383 e. The molecule has 0 saturated carbocycles. The zero-order chi connectivity index (χ0) is 15.5. The lowest BCUT2D eigenvalue weighted by Crippen LogP contribution is -2.31. The minimum absolute atomic E-state index is 0.00235. The van der Waals surface area contributed by atoms with Gasteiger partial charge in [-0.05, 0) is 24.3 Å². The van der Waals surface area contributed by atoms with Crippen LogP contribution in [0.4, 0.5) is 4.39 Å². The van der Waals surface area contributed by atoms with Crippen LogP contribution in [-0.4, -0.2) is 41.4 Å². The number of rotatable bonds is 5. The molecule has 1 aliphatic heterocycles. The number of benzene rings is 1. The Kier molecular flexibility index (Phi) is 4.49. The van der Waals surface area contributed by atoms with E-state index in [9.17, 15) is 9.18 Å². The molecule has 1 aromatic carbocycles. The third-order valence-electron chi connectivity index (χ3n) is 3.61. The third kappa shape index (κ3) is 3.03. The second-order valence-corrected chi connectivity index (χ2v) is 6.14. The number of carbonyl (C=O) groups is 1. The smallest absolute Gasteiger partial charge is 0.233 e. The van der Waals surface area contributed by atoms with Crippen LogP contribution in [0.2, 0.25) is 0 Å². The predicted octanol–water partition coefficient (Wildman–Crippen LogP) is 2.84. The van der Waals surface area contributed by atoms with Crippen LogP contribution in [0.15, 0.2) is 42.7 Å². The van der Waals surface area contributed by atoms with E-state index in [1.165, 1.54) is 12.1 Å². The van der Waals surface area contributed by atoms with Gasteiger partial charge in [0.05, 0.1) is 12.4 Å². The summed E-state index contributed by atoms with van der Waals surface area (Å²) in [6.45, 7) is 1.10. The second kappa shape index (κ2) is 6.54. The highest BCUT2D eigenvalue weighted by molar-refractivity contribution is 8.00. The molecule has 22 heavy (non-hydrogen) atoms. The van der Waals surface area contributed by atoms with E-state index in [-0.39, 0.29) is 17.1 Å². The Morgan fingerprint density at radius 3 is 3.05 bits per heavy atom. The van der Waals surface area contributed by atoms with Crippen molar-refractivity contribution in [3.8, 4) is 5.69 Å². The number of nitrogens with zero attached hydrogens (tertiary/aromatic N) is 2. The zero-order valence-corrected chi connectivity index (χ0v) is 13.1. The maximum Gasteiger partial charge on any atom is 0.233 e. The average Bonchev–Trinajstić information content (AvgIpc) is 3.12. The number of hydrogen-bond acceptors (Lipinski definition) is 3. The molecule has 4 nitrogen and oxygen atoms in total. The molecular formula is C16H17FN2O2S. The van der Waals surface area contributed by atoms with Crippen LogP contribution in [0.25, 0.3) is 5.69 Å². The van der Waals surface area contributed by atoms with Gasteiger partial charge >= 0.3 is 0 Å². The van der Waals surface area contributed by atoms with Crippen molar-refractivity contribution in [2.24, 2.45) is 0 Å². The Hall–Kier alpha value is -1.79. The van der Waals surface area contributed by atoms with Gasteiger partial charge in [-0.25, -0.2) is 4.39 Å². The van der Waals surface area contributed by atoms with Gasteiger partial charge in [0.25, 0.3) is 0 Å². The zero-order valence-electron chi connectivity index (χ0n) is 12.2. The Labute approximate surface area is 132 Å². The molecule has 2 aromatic rings. The first-order valence-electron chi connectivity index (χ1n) is 7.03. The van der Waals surface area contributed by atoms with Crippen LogP contribution in [0.1, 0.15) is 10.9 Å². The van der Waals surface area contributed by atoms with Crippen molar-refractivity contribution < 1.29 is 13.9 Å². The van der Waals surface area contributed by atoms with E-state index >= 15 is 0 Å². The Bertz CT molecular complexity index is 674. The van der Waals surface area contributed by atoms with Gasteiger partial charge < -0.3 is 14.2 Å². The van der Waals surface area contributed by atoms with Gasteiger partial charge in [-0.2, -0.15) is 0 Å². The molecule has 0 spiro atoms. The molecule has 1 amide bonds. The molecule has 1 aromatic heterocycles. The van der Waals surface area contributed by atoms with Gasteiger partial charge in [0.2, 0.25) is 5.91 Å². The summed E-state index contributed by atoms with van der Waals surface area (Å²) in [5.74, 6) is 0.352. The lowest BCUT2D eigenvalue weighted by atomic mass is 10.3. The number of ether oxygens (including phenoxy) is 1. The molecular weight excluding hydrogens is 303 g/mol. The SMILES string of the molecule is COCCN1C(=O)CS[C@@H]1c1ccn(-c2cccc(F)c2)c1. The highest BCUT2D eigenvalue weighted by Crippen LogP contribution is 2.38. The van der Waals surface area contributed by atoms with Gasteiger partial charge in [-0.15, -0.1) is 11.8 Å². The molecule has 0 bridgehead atoms. The molecule has 6 heteroatoms. The van der Waals surface area contributed by atoms with Crippen molar-refractivity contribution in [2.45, 2.75) is 5.37 Å². The van der Waals surface area contributed by atoms with Gasteiger partial charge in [0, 0.05) is 37.3 Å². The minimum atomic E-state index is -0.264. The summed E-state index contributed by atoms with van der Waals surface area (Å²) < 4.78 is 20.3. The molecule has 1 aliphatic rings. The summed E-state index contributed by atoms with van der Waals surface area (Å²) >= 11 is 1.61. The lowest BCUT2D eigenvalue weighted by molar-refractivity contribution is -0.128. The fourth-order valence-corrected chi connectivity index (χ4v) is 3.72. The molecule has 0 unspecified atom stereocenters. The predicted molar refractivity (Wildman–Crippen MR) is 84.5 cm³/mol. The largest absolute Gasteiger partial charge is 0.383 e. The monoisotopic (exact) mass is 320 g/mol. The van der Waals surface area contributed by atoms with Crippen LogP contribution in [-0.2, 0) is 9.53 Å². The maximum absolute atomic E-state index is 13.3. The van der Waals surface area contributed by atoms with Crippen LogP contribution in [0.3, 0.4) is 0 Å². The van der Waals surface area contributed by atoms with Crippen LogP contribution < -0.4 is 0 Å². The van der Waals surface area contributed by atoms with Crippen molar-refractivity contribution in [1.82, 2.24) is 9.47 Å². The Balaban J connectivity index is 1.82.